The fraction of sp³-hybridized carbons (Fsp3) is 0.667. The first-order valence-electron chi connectivity index (χ1n) is 9.19. The molecule has 1 aromatic heterocycles. The highest BCUT2D eigenvalue weighted by atomic mass is 16.5. The Labute approximate surface area is 145 Å². The van der Waals surface area contributed by atoms with Gasteiger partial charge in [-0.2, -0.15) is 0 Å². The van der Waals surface area contributed by atoms with Crippen LogP contribution in [0.15, 0.2) is 35.2 Å². The van der Waals surface area contributed by atoms with Gasteiger partial charge in [-0.25, -0.2) is 0 Å². The molecule has 0 aliphatic heterocycles. The Bertz CT molecular complexity index is 603. The summed E-state index contributed by atoms with van der Waals surface area (Å²) >= 11 is 0. The molecule has 0 amide bonds. The van der Waals surface area contributed by atoms with Crippen LogP contribution in [-0.2, 0) is 16.0 Å². The zero-order valence-corrected chi connectivity index (χ0v) is 15.3. The maximum atomic E-state index is 12.6. The lowest BCUT2D eigenvalue weighted by Crippen LogP contribution is -2.53. The molecule has 0 spiro atoms. The molecule has 132 valence electrons. The second-order valence-corrected chi connectivity index (χ2v) is 8.24. The number of furan rings is 1. The van der Waals surface area contributed by atoms with Gasteiger partial charge in [0.2, 0.25) is 0 Å². The summed E-state index contributed by atoms with van der Waals surface area (Å²) in [6, 6.07) is 2.05. The van der Waals surface area contributed by atoms with Crippen LogP contribution in [0.5, 0.6) is 0 Å². The van der Waals surface area contributed by atoms with E-state index in [0.29, 0.717) is 11.8 Å². The Morgan fingerprint density at radius 3 is 2.88 bits per heavy atom. The fourth-order valence-electron chi connectivity index (χ4n) is 5.71. The largest absolute Gasteiger partial charge is 0.472 e. The van der Waals surface area contributed by atoms with Gasteiger partial charge in [-0.05, 0) is 74.3 Å². The Morgan fingerprint density at radius 2 is 2.21 bits per heavy atom. The summed E-state index contributed by atoms with van der Waals surface area (Å²) in [7, 11) is 1.53. The van der Waals surface area contributed by atoms with Crippen molar-refractivity contribution in [1.82, 2.24) is 0 Å². The first-order valence-corrected chi connectivity index (χ1v) is 9.19. The van der Waals surface area contributed by atoms with E-state index in [1.807, 2.05) is 12.3 Å². The molecule has 3 rings (SSSR count). The van der Waals surface area contributed by atoms with E-state index in [4.69, 9.17) is 9.15 Å². The third-order valence-electron chi connectivity index (χ3n) is 6.97. The summed E-state index contributed by atoms with van der Waals surface area (Å²) in [5, 5.41) is 0. The van der Waals surface area contributed by atoms with Crippen molar-refractivity contribution in [2.24, 2.45) is 22.7 Å². The first-order chi connectivity index (χ1) is 11.4. The lowest BCUT2D eigenvalue weighted by Gasteiger charge is -2.57. The zero-order valence-electron chi connectivity index (χ0n) is 15.3. The van der Waals surface area contributed by atoms with Crippen molar-refractivity contribution < 1.29 is 13.9 Å². The lowest BCUT2D eigenvalue weighted by molar-refractivity contribution is -0.168. The summed E-state index contributed by atoms with van der Waals surface area (Å²) in [6.45, 7) is 8.92. The smallest absolute Gasteiger partial charge is 0.311 e. The van der Waals surface area contributed by atoms with Crippen molar-refractivity contribution >= 4 is 5.97 Å². The Balaban J connectivity index is 1.86. The van der Waals surface area contributed by atoms with Crippen molar-refractivity contribution in [3.05, 3.63) is 36.3 Å². The van der Waals surface area contributed by atoms with E-state index in [0.717, 1.165) is 38.5 Å². The van der Waals surface area contributed by atoms with Crippen LogP contribution in [0.4, 0.5) is 0 Å². The maximum Gasteiger partial charge on any atom is 0.311 e. The Hall–Kier alpha value is -1.51. The predicted octanol–water partition coefficient (Wildman–Crippen LogP) is 5.16. The Morgan fingerprint density at radius 1 is 1.42 bits per heavy atom. The molecule has 0 saturated heterocycles. The van der Waals surface area contributed by atoms with Crippen LogP contribution in [-0.4, -0.2) is 13.1 Å². The standard InChI is InChI=1S/C21H30O3/c1-15-6-9-18-20(2,11-5-12-21(18,3)19(22)23-4)17(15)8-7-16-10-13-24-14-16/h10,13-14,17-18H,1,5-9,11-12H2,2-4H3/t17-,18+,20+,21-/m1/s1. The van der Waals surface area contributed by atoms with Crippen LogP contribution < -0.4 is 0 Å². The average Bonchev–Trinajstić information content (AvgIpc) is 3.06. The third kappa shape index (κ3) is 2.72. The van der Waals surface area contributed by atoms with Crippen LogP contribution >= 0.6 is 0 Å². The lowest BCUT2D eigenvalue weighted by atomic mass is 9.46. The van der Waals surface area contributed by atoms with Crippen LogP contribution in [0.3, 0.4) is 0 Å². The van der Waals surface area contributed by atoms with Gasteiger partial charge in [-0.3, -0.25) is 4.79 Å². The quantitative estimate of drug-likeness (QED) is 0.565. The molecule has 3 nitrogen and oxygen atoms in total. The highest BCUT2D eigenvalue weighted by Crippen LogP contribution is 2.62. The predicted molar refractivity (Wildman–Crippen MR) is 94.5 cm³/mol. The number of carbonyl (C=O) groups excluding carboxylic acids is 1. The molecule has 24 heavy (non-hydrogen) atoms. The molecule has 1 heterocycles. The van der Waals surface area contributed by atoms with Gasteiger partial charge >= 0.3 is 5.97 Å². The zero-order chi connectivity index (χ0) is 17.4. The van der Waals surface area contributed by atoms with Gasteiger partial charge in [0.15, 0.2) is 0 Å². The van der Waals surface area contributed by atoms with Crippen molar-refractivity contribution in [2.75, 3.05) is 7.11 Å². The second-order valence-electron chi connectivity index (χ2n) is 8.24. The fourth-order valence-corrected chi connectivity index (χ4v) is 5.71. The van der Waals surface area contributed by atoms with E-state index in [9.17, 15) is 4.79 Å². The molecule has 1 aromatic rings. The van der Waals surface area contributed by atoms with Gasteiger partial charge in [-0.15, -0.1) is 0 Å². The number of rotatable bonds is 4. The topological polar surface area (TPSA) is 39.4 Å². The average molecular weight is 330 g/mol. The molecule has 2 aliphatic rings. The normalized spacial score (nSPS) is 36.2. The second kappa shape index (κ2) is 6.42. The number of fused-ring (bicyclic) bond motifs is 1. The molecule has 0 unspecified atom stereocenters. The van der Waals surface area contributed by atoms with E-state index in [2.05, 4.69) is 20.4 Å². The van der Waals surface area contributed by atoms with Gasteiger partial charge < -0.3 is 9.15 Å². The highest BCUT2D eigenvalue weighted by Gasteiger charge is 2.57. The van der Waals surface area contributed by atoms with Crippen LogP contribution in [0, 0.1) is 22.7 Å². The molecule has 4 atom stereocenters. The molecule has 2 aliphatic carbocycles. The highest BCUT2D eigenvalue weighted by molar-refractivity contribution is 5.77. The molecule has 0 N–H and O–H groups in total. The molecule has 0 aromatic carbocycles. The minimum absolute atomic E-state index is 0.0282. The first kappa shape index (κ1) is 17.3. The SMILES string of the molecule is C=C1CC[C@H]2[C@@](C)(CCC[C@@]2(C)C(=O)OC)[C@@H]1CCc1ccoc1. The van der Waals surface area contributed by atoms with Gasteiger partial charge in [0.05, 0.1) is 25.1 Å². The summed E-state index contributed by atoms with van der Waals surface area (Å²) in [4.78, 5) is 12.6. The number of allylic oxidation sites excluding steroid dienone is 1. The molecule has 0 bridgehead atoms. The number of carbonyl (C=O) groups is 1. The van der Waals surface area contributed by atoms with Crippen LogP contribution in [0.1, 0.15) is 57.9 Å². The van der Waals surface area contributed by atoms with Crippen molar-refractivity contribution in [3.8, 4) is 0 Å². The third-order valence-corrected chi connectivity index (χ3v) is 6.97. The Kier molecular flexibility index (Phi) is 4.63. The summed E-state index contributed by atoms with van der Waals surface area (Å²) < 4.78 is 10.4. The number of aryl methyl sites for hydroxylation is 1. The molecule has 2 fully saturated rings. The molecular weight excluding hydrogens is 300 g/mol. The van der Waals surface area contributed by atoms with Crippen LogP contribution in [0.25, 0.3) is 0 Å². The maximum absolute atomic E-state index is 12.6. The minimum atomic E-state index is -0.351. The van der Waals surface area contributed by atoms with Crippen LogP contribution in [0.2, 0.25) is 0 Å². The van der Waals surface area contributed by atoms with Gasteiger partial charge in [0, 0.05) is 0 Å². The monoisotopic (exact) mass is 330 g/mol. The van der Waals surface area contributed by atoms with Gasteiger partial charge in [0.25, 0.3) is 0 Å². The van der Waals surface area contributed by atoms with Gasteiger partial charge in [-0.1, -0.05) is 25.5 Å². The minimum Gasteiger partial charge on any atom is -0.472 e. The van der Waals surface area contributed by atoms with E-state index >= 15 is 0 Å². The summed E-state index contributed by atoms with van der Waals surface area (Å²) in [5.41, 5.74) is 2.41. The molecule has 2 saturated carbocycles. The van der Waals surface area contributed by atoms with Gasteiger partial charge in [0.1, 0.15) is 0 Å². The number of hydrogen-bond donors (Lipinski definition) is 0. The molecular formula is C21H30O3. The molecule has 0 radical (unpaired) electrons. The van der Waals surface area contributed by atoms with E-state index in [-0.39, 0.29) is 16.8 Å². The molecule has 3 heteroatoms. The van der Waals surface area contributed by atoms with E-state index in [1.54, 1.807) is 6.26 Å². The summed E-state index contributed by atoms with van der Waals surface area (Å²) in [6.07, 6.45) is 11.0. The van der Waals surface area contributed by atoms with Crippen molar-refractivity contribution in [3.63, 3.8) is 0 Å². The number of methoxy groups -OCH3 is 1. The number of ether oxygens (including phenoxy) is 1. The van der Waals surface area contributed by atoms with E-state index < -0.39 is 0 Å². The summed E-state index contributed by atoms with van der Waals surface area (Å²) in [5.74, 6) is 0.820. The van der Waals surface area contributed by atoms with Crippen molar-refractivity contribution in [2.45, 2.75) is 58.8 Å². The number of esters is 1. The number of hydrogen-bond acceptors (Lipinski definition) is 3. The van der Waals surface area contributed by atoms with Crippen molar-refractivity contribution in [1.29, 1.82) is 0 Å². The van der Waals surface area contributed by atoms with E-state index in [1.165, 1.54) is 24.7 Å².